The highest BCUT2D eigenvalue weighted by molar-refractivity contribution is 6.20. The fraction of sp³-hybridized carbons (Fsp3) is 0.179. The average molecular weight is 402 g/mol. The fourth-order valence-corrected chi connectivity index (χ4v) is 5.34. The lowest BCUT2D eigenvalue weighted by Gasteiger charge is -2.31. The summed E-state index contributed by atoms with van der Waals surface area (Å²) in [4.78, 5) is 2.38. The Bertz CT molecular complexity index is 1370. The van der Waals surface area contributed by atoms with E-state index in [2.05, 4.69) is 53.4 Å². The van der Waals surface area contributed by atoms with Crippen LogP contribution in [0.5, 0.6) is 5.75 Å². The van der Waals surface area contributed by atoms with Crippen molar-refractivity contribution in [2.45, 2.75) is 19.3 Å². The van der Waals surface area contributed by atoms with Crippen molar-refractivity contribution in [3.63, 3.8) is 0 Å². The SMILES string of the molecule is N#Cc1c(N2CCCCC2)cc(-c2ccc(O)cc2)c2c1-c1cccc3cccc-2c13. The zero-order chi connectivity index (χ0) is 20.9. The second-order valence-corrected chi connectivity index (χ2v) is 8.48. The Hall–Kier alpha value is -3.77. The molecule has 4 aromatic carbocycles. The number of phenolic OH excluding ortho intramolecular Hbond substituents is 1. The van der Waals surface area contributed by atoms with Crippen LogP contribution in [0, 0.1) is 11.3 Å². The molecular weight excluding hydrogens is 380 g/mol. The third-order valence-corrected chi connectivity index (χ3v) is 6.74. The highest BCUT2D eigenvalue weighted by Gasteiger charge is 2.30. The molecule has 1 fully saturated rings. The van der Waals surface area contributed by atoms with E-state index >= 15 is 0 Å². The van der Waals surface area contributed by atoms with Gasteiger partial charge in [0.25, 0.3) is 0 Å². The number of nitrogens with zero attached hydrogens (tertiary/aromatic N) is 2. The predicted molar refractivity (Wildman–Crippen MR) is 126 cm³/mol. The molecule has 31 heavy (non-hydrogen) atoms. The lowest BCUT2D eigenvalue weighted by molar-refractivity contribution is 0.475. The van der Waals surface area contributed by atoms with Gasteiger partial charge in [-0.2, -0.15) is 5.26 Å². The van der Waals surface area contributed by atoms with Gasteiger partial charge >= 0.3 is 0 Å². The molecule has 150 valence electrons. The third-order valence-electron chi connectivity index (χ3n) is 6.74. The first-order valence-corrected chi connectivity index (χ1v) is 10.9. The molecule has 0 spiro atoms. The summed E-state index contributed by atoms with van der Waals surface area (Å²) in [7, 11) is 0. The van der Waals surface area contributed by atoms with Crippen LogP contribution in [0.15, 0.2) is 66.7 Å². The van der Waals surface area contributed by atoms with Gasteiger partial charge in [-0.05, 0) is 76.1 Å². The lowest BCUT2D eigenvalue weighted by Crippen LogP contribution is -2.30. The molecule has 3 heteroatoms. The van der Waals surface area contributed by atoms with E-state index in [1.165, 1.54) is 22.8 Å². The van der Waals surface area contributed by atoms with Gasteiger partial charge < -0.3 is 10.0 Å². The predicted octanol–water partition coefficient (Wildman–Crippen LogP) is 6.72. The van der Waals surface area contributed by atoms with E-state index in [1.807, 2.05) is 12.1 Å². The van der Waals surface area contributed by atoms with Crippen molar-refractivity contribution in [1.82, 2.24) is 0 Å². The third kappa shape index (κ3) is 2.65. The van der Waals surface area contributed by atoms with Gasteiger partial charge in [0.15, 0.2) is 0 Å². The Balaban J connectivity index is 1.73. The second-order valence-electron chi connectivity index (χ2n) is 8.48. The molecule has 2 aliphatic rings. The van der Waals surface area contributed by atoms with Crippen molar-refractivity contribution < 1.29 is 5.11 Å². The van der Waals surface area contributed by atoms with Crippen LogP contribution in [0.2, 0.25) is 0 Å². The molecule has 0 bridgehead atoms. The number of nitriles is 1. The van der Waals surface area contributed by atoms with Crippen LogP contribution in [0.3, 0.4) is 0 Å². The van der Waals surface area contributed by atoms with Crippen LogP contribution in [0.1, 0.15) is 24.8 Å². The van der Waals surface area contributed by atoms with E-state index < -0.39 is 0 Å². The Morgan fingerprint density at radius 1 is 0.774 bits per heavy atom. The highest BCUT2D eigenvalue weighted by atomic mass is 16.3. The molecule has 1 N–H and O–H groups in total. The Kier molecular flexibility index (Phi) is 4.01. The Labute approximate surface area is 181 Å². The number of piperidine rings is 1. The van der Waals surface area contributed by atoms with E-state index in [0.29, 0.717) is 0 Å². The number of anilines is 1. The van der Waals surface area contributed by atoms with Gasteiger partial charge in [-0.15, -0.1) is 0 Å². The molecule has 4 aromatic rings. The smallest absolute Gasteiger partial charge is 0.115 e. The van der Waals surface area contributed by atoms with Gasteiger partial charge in [0.1, 0.15) is 11.8 Å². The first kappa shape index (κ1) is 18.0. The normalized spacial score (nSPS) is 14.5. The molecule has 1 aliphatic carbocycles. The number of fused-ring (bicyclic) bond motifs is 3. The molecule has 1 saturated heterocycles. The lowest BCUT2D eigenvalue weighted by atomic mass is 9.88. The van der Waals surface area contributed by atoms with Crippen LogP contribution in [0.25, 0.3) is 44.2 Å². The average Bonchev–Trinajstić information content (AvgIpc) is 3.16. The van der Waals surface area contributed by atoms with E-state index in [0.717, 1.165) is 65.0 Å². The Morgan fingerprint density at radius 2 is 1.45 bits per heavy atom. The summed E-state index contributed by atoms with van der Waals surface area (Å²) in [5.41, 5.74) is 8.53. The molecule has 6 rings (SSSR count). The number of benzene rings is 4. The van der Waals surface area contributed by atoms with Gasteiger partial charge in [-0.1, -0.05) is 48.5 Å². The molecule has 0 aromatic heterocycles. The largest absolute Gasteiger partial charge is 0.508 e. The Morgan fingerprint density at radius 3 is 2.13 bits per heavy atom. The van der Waals surface area contributed by atoms with Crippen molar-refractivity contribution in [2.24, 2.45) is 0 Å². The van der Waals surface area contributed by atoms with Crippen molar-refractivity contribution >= 4 is 16.5 Å². The summed E-state index contributed by atoms with van der Waals surface area (Å²) < 4.78 is 0. The van der Waals surface area contributed by atoms with E-state index in [1.54, 1.807) is 12.1 Å². The highest BCUT2D eigenvalue weighted by Crippen LogP contribution is 2.54. The van der Waals surface area contributed by atoms with Gasteiger partial charge in [0.05, 0.1) is 11.3 Å². The van der Waals surface area contributed by atoms with Crippen LogP contribution in [-0.4, -0.2) is 18.2 Å². The van der Waals surface area contributed by atoms with E-state index in [9.17, 15) is 10.4 Å². The minimum absolute atomic E-state index is 0.260. The summed E-state index contributed by atoms with van der Waals surface area (Å²) in [6, 6.07) is 25.0. The first-order chi connectivity index (χ1) is 15.3. The molecule has 1 heterocycles. The van der Waals surface area contributed by atoms with Crippen LogP contribution in [0.4, 0.5) is 5.69 Å². The summed E-state index contributed by atoms with van der Waals surface area (Å²) >= 11 is 0. The second kappa shape index (κ2) is 6.89. The van der Waals surface area contributed by atoms with Crippen molar-refractivity contribution in [3.05, 3.63) is 72.3 Å². The molecule has 0 unspecified atom stereocenters. The van der Waals surface area contributed by atoms with Crippen molar-refractivity contribution in [3.8, 4) is 45.2 Å². The fourth-order valence-electron chi connectivity index (χ4n) is 5.34. The summed E-state index contributed by atoms with van der Waals surface area (Å²) in [6.45, 7) is 1.97. The van der Waals surface area contributed by atoms with E-state index in [4.69, 9.17) is 0 Å². The van der Waals surface area contributed by atoms with Crippen LogP contribution in [-0.2, 0) is 0 Å². The molecule has 0 atom stereocenters. The number of phenols is 1. The quantitative estimate of drug-likeness (QED) is 0.356. The van der Waals surface area contributed by atoms with E-state index in [-0.39, 0.29) is 5.75 Å². The number of hydrogen-bond donors (Lipinski definition) is 1. The molecular formula is C28H22N2O. The molecule has 0 radical (unpaired) electrons. The monoisotopic (exact) mass is 402 g/mol. The maximum absolute atomic E-state index is 10.3. The maximum atomic E-state index is 10.3. The van der Waals surface area contributed by atoms with Crippen molar-refractivity contribution in [2.75, 3.05) is 18.0 Å². The minimum atomic E-state index is 0.260. The molecule has 1 aliphatic heterocycles. The molecule has 0 saturated carbocycles. The van der Waals surface area contributed by atoms with Crippen molar-refractivity contribution in [1.29, 1.82) is 5.26 Å². The number of hydrogen-bond acceptors (Lipinski definition) is 3. The standard InChI is InChI=1S/C28H22N2O/c29-17-24-25(30-14-2-1-3-15-30)16-23(18-10-12-20(31)13-11-18)27-21-8-4-6-19-7-5-9-22(26(19)21)28(24)27/h4-13,16,31H,1-3,14-15H2. The first-order valence-electron chi connectivity index (χ1n) is 10.9. The topological polar surface area (TPSA) is 47.3 Å². The zero-order valence-corrected chi connectivity index (χ0v) is 17.2. The summed E-state index contributed by atoms with van der Waals surface area (Å²) in [6.07, 6.45) is 3.57. The summed E-state index contributed by atoms with van der Waals surface area (Å²) in [5.74, 6) is 0.260. The number of aromatic hydroxyl groups is 1. The van der Waals surface area contributed by atoms with Gasteiger partial charge in [0, 0.05) is 18.7 Å². The minimum Gasteiger partial charge on any atom is -0.508 e. The maximum Gasteiger partial charge on any atom is 0.115 e. The van der Waals surface area contributed by atoms with Gasteiger partial charge in [-0.3, -0.25) is 0 Å². The van der Waals surface area contributed by atoms with Gasteiger partial charge in [0.2, 0.25) is 0 Å². The number of rotatable bonds is 2. The molecule has 0 amide bonds. The van der Waals surface area contributed by atoms with Crippen LogP contribution < -0.4 is 4.90 Å². The molecule has 3 nitrogen and oxygen atoms in total. The zero-order valence-electron chi connectivity index (χ0n) is 17.2. The summed E-state index contributed by atoms with van der Waals surface area (Å²) in [5, 5.41) is 22.6. The van der Waals surface area contributed by atoms with Gasteiger partial charge in [-0.25, -0.2) is 0 Å². The van der Waals surface area contributed by atoms with Crippen LogP contribution >= 0.6 is 0 Å².